The first kappa shape index (κ1) is 19.5. The van der Waals surface area contributed by atoms with E-state index < -0.39 is 0 Å². The molecule has 0 amide bonds. The fourth-order valence-corrected chi connectivity index (χ4v) is 3.63. The smallest absolute Gasteiger partial charge is 0.126 e. The summed E-state index contributed by atoms with van der Waals surface area (Å²) in [5, 5.41) is 10.7. The lowest BCUT2D eigenvalue weighted by atomic mass is 10.0. The number of anilines is 1. The molecule has 4 rings (SSSR count). The van der Waals surface area contributed by atoms with Gasteiger partial charge in [0.25, 0.3) is 0 Å². The van der Waals surface area contributed by atoms with Gasteiger partial charge in [-0.3, -0.25) is 5.10 Å². The average molecular weight is 394 g/mol. The molecule has 1 fully saturated rings. The van der Waals surface area contributed by atoms with E-state index in [0.29, 0.717) is 0 Å². The van der Waals surface area contributed by atoms with Crippen molar-refractivity contribution in [2.75, 3.05) is 51.6 Å². The van der Waals surface area contributed by atoms with Crippen molar-refractivity contribution in [2.24, 2.45) is 0 Å². The second-order valence-corrected chi connectivity index (χ2v) is 7.52. The first-order valence-corrected chi connectivity index (χ1v) is 10.1. The number of halogens is 1. The van der Waals surface area contributed by atoms with Crippen LogP contribution in [0.2, 0.25) is 0 Å². The highest BCUT2D eigenvalue weighted by molar-refractivity contribution is 5.81. The number of nitrogens with one attached hydrogen (secondary N) is 2. The van der Waals surface area contributed by atoms with Gasteiger partial charge >= 0.3 is 0 Å². The zero-order chi connectivity index (χ0) is 20.1. The summed E-state index contributed by atoms with van der Waals surface area (Å²) in [7, 11) is 2.18. The minimum absolute atomic E-state index is 0.248. The number of rotatable bonds is 7. The number of H-pyrrole nitrogens is 1. The lowest BCUT2D eigenvalue weighted by molar-refractivity contribution is 0.154. The van der Waals surface area contributed by atoms with Crippen LogP contribution >= 0.6 is 0 Å². The van der Waals surface area contributed by atoms with Crippen molar-refractivity contribution in [2.45, 2.75) is 6.42 Å². The fraction of sp³-hybridized carbons (Fsp3) is 0.364. The minimum Gasteiger partial charge on any atom is -0.370 e. The van der Waals surface area contributed by atoms with Gasteiger partial charge in [0.15, 0.2) is 0 Å². The third-order valence-electron chi connectivity index (χ3n) is 5.40. The Labute approximate surface area is 170 Å². The Bertz CT molecular complexity index is 915. The van der Waals surface area contributed by atoms with Crippen LogP contribution in [0, 0.1) is 5.82 Å². The number of nitrogens with zero attached hydrogens (tertiary/aromatic N) is 4. The second kappa shape index (κ2) is 9.15. The lowest BCUT2D eigenvalue weighted by Gasteiger charge is -2.32. The van der Waals surface area contributed by atoms with Crippen molar-refractivity contribution in [1.82, 2.24) is 25.0 Å². The summed E-state index contributed by atoms with van der Waals surface area (Å²) in [4.78, 5) is 9.34. The number of hydrogen-bond donors (Lipinski definition) is 2. The van der Waals surface area contributed by atoms with Crippen LogP contribution in [0.15, 0.2) is 48.8 Å². The van der Waals surface area contributed by atoms with Crippen LogP contribution in [-0.4, -0.2) is 71.3 Å². The molecule has 29 heavy (non-hydrogen) atoms. The summed E-state index contributed by atoms with van der Waals surface area (Å²) in [5.74, 6) is 0.605. The molecule has 1 aromatic carbocycles. The SMILES string of the molecule is CN1CCN(CCCNc2cc(-c3cn[nH]c3-c3ccc(F)cc3)ccn2)CC1. The molecule has 3 heterocycles. The number of piperazine rings is 1. The molecular formula is C22H27FN6. The Kier molecular flexibility index (Phi) is 6.17. The number of likely N-dealkylation sites (N-methyl/N-ethyl adjacent to an activating group) is 1. The van der Waals surface area contributed by atoms with Crippen molar-refractivity contribution in [1.29, 1.82) is 0 Å². The van der Waals surface area contributed by atoms with E-state index in [1.165, 1.54) is 12.1 Å². The number of pyridine rings is 1. The van der Waals surface area contributed by atoms with E-state index in [1.54, 1.807) is 24.5 Å². The van der Waals surface area contributed by atoms with E-state index in [2.05, 4.69) is 37.3 Å². The van der Waals surface area contributed by atoms with Gasteiger partial charge in [-0.15, -0.1) is 0 Å². The normalized spacial score (nSPS) is 15.5. The standard InChI is InChI=1S/C22H27FN6/c1-28-11-13-29(14-12-28)10-2-8-24-21-15-18(7-9-25-21)20-16-26-27-22(20)17-3-5-19(23)6-4-17/h3-7,9,15-16H,2,8,10-14H2,1H3,(H,24,25)(H,26,27). The predicted octanol–water partition coefficient (Wildman–Crippen LogP) is 3.33. The highest BCUT2D eigenvalue weighted by Crippen LogP contribution is 2.30. The van der Waals surface area contributed by atoms with Crippen LogP contribution in [0.5, 0.6) is 0 Å². The van der Waals surface area contributed by atoms with Gasteiger partial charge in [0.05, 0.1) is 11.9 Å². The van der Waals surface area contributed by atoms with Gasteiger partial charge in [0.2, 0.25) is 0 Å². The lowest BCUT2D eigenvalue weighted by Crippen LogP contribution is -2.44. The van der Waals surface area contributed by atoms with Gasteiger partial charge in [-0.1, -0.05) is 0 Å². The van der Waals surface area contributed by atoms with Crippen molar-refractivity contribution < 1.29 is 4.39 Å². The predicted molar refractivity (Wildman–Crippen MR) is 114 cm³/mol. The first-order chi connectivity index (χ1) is 14.2. The Morgan fingerprint density at radius 1 is 1.07 bits per heavy atom. The molecule has 152 valence electrons. The van der Waals surface area contributed by atoms with Crippen LogP contribution < -0.4 is 5.32 Å². The van der Waals surface area contributed by atoms with Crippen LogP contribution in [0.3, 0.4) is 0 Å². The molecule has 0 spiro atoms. The third-order valence-corrected chi connectivity index (χ3v) is 5.40. The van der Waals surface area contributed by atoms with Crippen LogP contribution in [-0.2, 0) is 0 Å². The molecule has 0 radical (unpaired) electrons. The maximum Gasteiger partial charge on any atom is 0.126 e. The molecule has 1 aliphatic rings. The fourth-order valence-electron chi connectivity index (χ4n) is 3.63. The van der Waals surface area contributed by atoms with E-state index in [0.717, 1.165) is 73.9 Å². The summed E-state index contributed by atoms with van der Waals surface area (Å²) in [6, 6.07) is 10.4. The van der Waals surface area contributed by atoms with Crippen LogP contribution in [0.4, 0.5) is 10.2 Å². The molecule has 1 aliphatic heterocycles. The summed E-state index contributed by atoms with van der Waals surface area (Å²) in [5.41, 5.74) is 3.77. The monoisotopic (exact) mass is 394 g/mol. The largest absolute Gasteiger partial charge is 0.370 e. The maximum absolute atomic E-state index is 13.2. The number of benzene rings is 1. The van der Waals surface area contributed by atoms with Crippen LogP contribution in [0.1, 0.15) is 6.42 Å². The Morgan fingerprint density at radius 3 is 2.66 bits per heavy atom. The summed E-state index contributed by atoms with van der Waals surface area (Å²) in [6.07, 6.45) is 4.69. The number of hydrogen-bond acceptors (Lipinski definition) is 5. The zero-order valence-corrected chi connectivity index (χ0v) is 16.7. The van der Waals surface area contributed by atoms with Gasteiger partial charge in [-0.05, 0) is 62.0 Å². The highest BCUT2D eigenvalue weighted by atomic mass is 19.1. The third kappa shape index (κ3) is 4.99. The van der Waals surface area contributed by atoms with E-state index in [-0.39, 0.29) is 5.82 Å². The molecule has 6 nitrogen and oxygen atoms in total. The molecule has 0 aliphatic carbocycles. The van der Waals surface area contributed by atoms with E-state index in [1.807, 2.05) is 12.1 Å². The molecule has 0 unspecified atom stereocenters. The Morgan fingerprint density at radius 2 is 1.86 bits per heavy atom. The first-order valence-electron chi connectivity index (χ1n) is 10.1. The maximum atomic E-state index is 13.2. The average Bonchev–Trinajstić information content (AvgIpc) is 3.23. The van der Waals surface area contributed by atoms with Crippen molar-refractivity contribution in [3.8, 4) is 22.4 Å². The Balaban J connectivity index is 1.37. The molecule has 0 atom stereocenters. The Hall–Kier alpha value is -2.77. The molecule has 0 bridgehead atoms. The molecular weight excluding hydrogens is 367 g/mol. The molecule has 7 heteroatoms. The quantitative estimate of drug-likeness (QED) is 0.602. The molecule has 0 saturated carbocycles. The van der Waals surface area contributed by atoms with Gasteiger partial charge in [0, 0.05) is 50.0 Å². The zero-order valence-electron chi connectivity index (χ0n) is 16.7. The molecule has 2 aromatic heterocycles. The molecule has 2 N–H and O–H groups in total. The summed E-state index contributed by atoms with van der Waals surface area (Å²) >= 11 is 0. The van der Waals surface area contributed by atoms with Crippen molar-refractivity contribution >= 4 is 5.82 Å². The topological polar surface area (TPSA) is 60.1 Å². The van der Waals surface area contributed by atoms with E-state index >= 15 is 0 Å². The minimum atomic E-state index is -0.248. The van der Waals surface area contributed by atoms with Crippen molar-refractivity contribution in [3.05, 3.63) is 54.6 Å². The van der Waals surface area contributed by atoms with Gasteiger partial charge in [-0.25, -0.2) is 9.37 Å². The van der Waals surface area contributed by atoms with Crippen molar-refractivity contribution in [3.63, 3.8) is 0 Å². The summed E-state index contributed by atoms with van der Waals surface area (Å²) < 4.78 is 13.2. The number of aromatic amines is 1. The van der Waals surface area contributed by atoms with Gasteiger partial charge < -0.3 is 15.1 Å². The van der Waals surface area contributed by atoms with Gasteiger partial charge in [0.1, 0.15) is 11.6 Å². The summed E-state index contributed by atoms with van der Waals surface area (Å²) in [6.45, 7) is 6.60. The van der Waals surface area contributed by atoms with E-state index in [4.69, 9.17) is 0 Å². The van der Waals surface area contributed by atoms with E-state index in [9.17, 15) is 4.39 Å². The number of aromatic nitrogens is 3. The molecule has 1 saturated heterocycles. The molecule has 3 aromatic rings. The second-order valence-electron chi connectivity index (χ2n) is 7.52. The van der Waals surface area contributed by atoms with Gasteiger partial charge in [-0.2, -0.15) is 5.10 Å². The van der Waals surface area contributed by atoms with Crippen LogP contribution in [0.25, 0.3) is 22.4 Å². The highest BCUT2D eigenvalue weighted by Gasteiger charge is 2.13.